The van der Waals surface area contributed by atoms with Gasteiger partial charge in [-0.2, -0.15) is 0 Å². The number of nitrogens with one attached hydrogen (secondary N) is 2. The van der Waals surface area contributed by atoms with E-state index >= 15 is 0 Å². The topological polar surface area (TPSA) is 53.9 Å². The lowest BCUT2D eigenvalue weighted by molar-refractivity contribution is -0.918. The molecule has 29 heavy (non-hydrogen) atoms. The molecule has 0 radical (unpaired) electrons. The molecule has 4 saturated carbocycles. The van der Waals surface area contributed by atoms with Crippen molar-refractivity contribution in [2.24, 2.45) is 17.8 Å². The Bertz CT molecular complexity index is 734. The lowest BCUT2D eigenvalue weighted by Crippen LogP contribution is -3.19. The molecule has 1 atom stereocenters. The van der Waals surface area contributed by atoms with Crippen molar-refractivity contribution in [1.29, 1.82) is 0 Å². The summed E-state index contributed by atoms with van der Waals surface area (Å²) in [5.74, 6) is 2.87. The van der Waals surface area contributed by atoms with E-state index in [2.05, 4.69) is 12.2 Å². The van der Waals surface area contributed by atoms with Gasteiger partial charge in [0, 0.05) is 11.1 Å². The molecule has 0 aromatic heterocycles. The molecule has 5 heteroatoms. The van der Waals surface area contributed by atoms with Gasteiger partial charge in [0.05, 0.1) is 26.2 Å². The number of hydrogen-bond donors (Lipinski definition) is 2. The zero-order valence-electron chi connectivity index (χ0n) is 17.5. The molecular formula is C24H34N3O2+. The number of benzene rings is 1. The van der Waals surface area contributed by atoms with Gasteiger partial charge in [0.2, 0.25) is 0 Å². The summed E-state index contributed by atoms with van der Waals surface area (Å²) in [4.78, 5) is 29.1. The molecule has 1 saturated heterocycles. The van der Waals surface area contributed by atoms with Crippen molar-refractivity contribution in [3.8, 4) is 0 Å². The summed E-state index contributed by atoms with van der Waals surface area (Å²) in [5, 5.41) is 3.54. The van der Waals surface area contributed by atoms with Crippen molar-refractivity contribution in [3.63, 3.8) is 0 Å². The van der Waals surface area contributed by atoms with E-state index in [1.54, 1.807) is 0 Å². The Morgan fingerprint density at radius 3 is 2.10 bits per heavy atom. The molecule has 5 fully saturated rings. The molecule has 1 heterocycles. The minimum Gasteiger partial charge on any atom is -0.345 e. The highest BCUT2D eigenvalue weighted by atomic mass is 16.2. The van der Waals surface area contributed by atoms with E-state index in [4.69, 9.17) is 0 Å². The van der Waals surface area contributed by atoms with Gasteiger partial charge in [-0.25, -0.2) is 0 Å². The molecule has 2 N–H and O–H groups in total. The Morgan fingerprint density at radius 1 is 1.00 bits per heavy atom. The number of quaternary nitrogens is 1. The second-order valence-electron chi connectivity index (χ2n) is 10.2. The molecule has 5 aliphatic rings. The van der Waals surface area contributed by atoms with E-state index in [-0.39, 0.29) is 23.4 Å². The molecular weight excluding hydrogens is 362 g/mol. The second-order valence-corrected chi connectivity index (χ2v) is 10.2. The molecule has 5 nitrogen and oxygen atoms in total. The van der Waals surface area contributed by atoms with Gasteiger partial charge in [0.25, 0.3) is 11.8 Å². The maximum absolute atomic E-state index is 13.2. The van der Waals surface area contributed by atoms with Crippen LogP contribution in [0.1, 0.15) is 55.8 Å². The van der Waals surface area contributed by atoms with Crippen molar-refractivity contribution in [1.82, 2.24) is 10.2 Å². The average molecular weight is 397 g/mol. The van der Waals surface area contributed by atoms with Crippen LogP contribution in [0.4, 0.5) is 0 Å². The Morgan fingerprint density at radius 2 is 1.55 bits per heavy atom. The van der Waals surface area contributed by atoms with E-state index in [9.17, 15) is 9.59 Å². The summed E-state index contributed by atoms with van der Waals surface area (Å²) in [5.41, 5.74) is 0.841. The summed E-state index contributed by atoms with van der Waals surface area (Å²) in [6.07, 6.45) is 7.79. The molecule has 1 aromatic carbocycles. The van der Waals surface area contributed by atoms with Gasteiger partial charge in [-0.05, 0) is 75.3 Å². The van der Waals surface area contributed by atoms with Crippen LogP contribution in [-0.4, -0.2) is 54.5 Å². The highest BCUT2D eigenvalue weighted by molar-refractivity contribution is 5.94. The molecule has 2 amide bonds. The van der Waals surface area contributed by atoms with Crippen LogP contribution in [0.25, 0.3) is 0 Å². The fraction of sp³-hybridized carbons (Fsp3) is 0.667. The molecule has 0 unspecified atom stereocenters. The number of piperazine rings is 1. The standard InChI is InChI=1S/C24H33N3O2/c1-17(22(28)25-24-14-18-11-19(15-24)13-20(12-18)16-24)26-7-9-27(10-8-26)23(29)21-5-3-2-4-6-21/h2-6,17-20H,7-16H2,1H3,(H,25,28)/p+1/t17-,18?,19?,20?,24?/m1/s1. The monoisotopic (exact) mass is 396 g/mol. The first-order chi connectivity index (χ1) is 14.0. The minimum atomic E-state index is -0.0445. The zero-order chi connectivity index (χ0) is 20.0. The lowest BCUT2D eigenvalue weighted by atomic mass is 9.53. The second kappa shape index (κ2) is 7.42. The summed E-state index contributed by atoms with van der Waals surface area (Å²) < 4.78 is 0. The third kappa shape index (κ3) is 3.70. The third-order valence-electron chi connectivity index (χ3n) is 8.15. The normalized spacial score (nSPS) is 34.8. The molecule has 1 aromatic rings. The SMILES string of the molecule is C[C@H](C(=O)NC12CC3CC(CC(C3)C1)C2)[NH+]1CCN(C(=O)c2ccccc2)CC1. The van der Waals surface area contributed by atoms with E-state index in [0.29, 0.717) is 0 Å². The third-order valence-corrected chi connectivity index (χ3v) is 8.15. The fourth-order valence-corrected chi connectivity index (χ4v) is 7.01. The van der Waals surface area contributed by atoms with Gasteiger partial charge in [-0.3, -0.25) is 9.59 Å². The molecule has 4 bridgehead atoms. The highest BCUT2D eigenvalue weighted by Gasteiger charge is 2.52. The molecule has 1 aliphatic heterocycles. The molecule has 4 aliphatic carbocycles. The summed E-state index contributed by atoms with van der Waals surface area (Å²) in [6.45, 7) is 5.19. The van der Waals surface area contributed by atoms with Crippen LogP contribution in [0.15, 0.2) is 30.3 Å². The highest BCUT2D eigenvalue weighted by Crippen LogP contribution is 2.55. The molecule has 156 valence electrons. The number of hydrogen-bond acceptors (Lipinski definition) is 2. The Hall–Kier alpha value is -1.88. The maximum atomic E-state index is 13.2. The largest absolute Gasteiger partial charge is 0.345 e. The van der Waals surface area contributed by atoms with Gasteiger partial charge in [0.15, 0.2) is 6.04 Å². The van der Waals surface area contributed by atoms with Crippen molar-refractivity contribution in [2.75, 3.05) is 26.2 Å². The van der Waals surface area contributed by atoms with E-state index in [1.165, 1.54) is 43.4 Å². The first-order valence-corrected chi connectivity index (χ1v) is 11.5. The smallest absolute Gasteiger partial charge is 0.278 e. The number of amides is 2. The number of carbonyl (C=O) groups is 2. The molecule has 0 spiro atoms. The van der Waals surface area contributed by atoms with Crippen molar-refractivity contribution in [3.05, 3.63) is 35.9 Å². The van der Waals surface area contributed by atoms with E-state index in [1.807, 2.05) is 35.2 Å². The Kier molecular flexibility index (Phi) is 4.89. The zero-order valence-corrected chi connectivity index (χ0v) is 17.5. The maximum Gasteiger partial charge on any atom is 0.278 e. The van der Waals surface area contributed by atoms with Crippen molar-refractivity contribution >= 4 is 11.8 Å². The quantitative estimate of drug-likeness (QED) is 0.811. The van der Waals surface area contributed by atoms with Crippen molar-refractivity contribution in [2.45, 2.75) is 57.0 Å². The van der Waals surface area contributed by atoms with Gasteiger partial charge in [0.1, 0.15) is 0 Å². The van der Waals surface area contributed by atoms with Crippen molar-refractivity contribution < 1.29 is 14.5 Å². The number of rotatable bonds is 4. The minimum absolute atomic E-state index is 0.0445. The van der Waals surface area contributed by atoms with Gasteiger partial charge >= 0.3 is 0 Å². The predicted molar refractivity (Wildman–Crippen MR) is 112 cm³/mol. The summed E-state index contributed by atoms with van der Waals surface area (Å²) in [7, 11) is 0. The van der Waals surface area contributed by atoms with Gasteiger partial charge < -0.3 is 15.1 Å². The lowest BCUT2D eigenvalue weighted by Gasteiger charge is -2.57. The predicted octanol–water partition coefficient (Wildman–Crippen LogP) is 1.50. The van der Waals surface area contributed by atoms with Crippen LogP contribution in [0, 0.1) is 17.8 Å². The first kappa shape index (κ1) is 19.1. The summed E-state index contributed by atoms with van der Waals surface area (Å²) >= 11 is 0. The van der Waals surface area contributed by atoms with Crippen LogP contribution in [0.3, 0.4) is 0 Å². The fourth-order valence-electron chi connectivity index (χ4n) is 7.01. The molecule has 6 rings (SSSR count). The van der Waals surface area contributed by atoms with E-state index < -0.39 is 0 Å². The van der Waals surface area contributed by atoms with Gasteiger partial charge in [-0.15, -0.1) is 0 Å². The average Bonchev–Trinajstić information content (AvgIpc) is 2.72. The first-order valence-electron chi connectivity index (χ1n) is 11.5. The van der Waals surface area contributed by atoms with Crippen LogP contribution >= 0.6 is 0 Å². The van der Waals surface area contributed by atoms with Gasteiger partial charge in [-0.1, -0.05) is 18.2 Å². The van der Waals surface area contributed by atoms with Crippen LogP contribution in [-0.2, 0) is 4.79 Å². The number of carbonyl (C=O) groups excluding carboxylic acids is 2. The Labute approximate surface area is 173 Å². The summed E-state index contributed by atoms with van der Waals surface area (Å²) in [6, 6.07) is 9.46. The van der Waals surface area contributed by atoms with E-state index in [0.717, 1.165) is 49.5 Å². The van der Waals surface area contributed by atoms with Crippen LogP contribution in [0.2, 0.25) is 0 Å². The number of nitrogens with zero attached hydrogens (tertiary/aromatic N) is 1. The Balaban J connectivity index is 1.16. The van der Waals surface area contributed by atoms with Crippen LogP contribution < -0.4 is 10.2 Å². The van der Waals surface area contributed by atoms with Crippen LogP contribution in [0.5, 0.6) is 0 Å².